The number of hydrogen-bond acceptors (Lipinski definition) is 4. The van der Waals surface area contributed by atoms with Crippen molar-refractivity contribution in [2.24, 2.45) is 0 Å². The number of benzene rings is 1. The molecule has 1 N–H and O–H groups in total. The number of ether oxygens (including phenoxy) is 1. The first-order chi connectivity index (χ1) is 14.6. The number of β-lactam (4-membered cyclic amide) rings is 1. The lowest BCUT2D eigenvalue weighted by Gasteiger charge is -2.52. The summed E-state index contributed by atoms with van der Waals surface area (Å²) >= 11 is 0. The predicted molar refractivity (Wildman–Crippen MR) is 113 cm³/mol. The number of pyridine rings is 1. The predicted octanol–water partition coefficient (Wildman–Crippen LogP) is 2.66. The number of rotatable bonds is 5. The number of methoxy groups -OCH3 is 1. The number of nitrogens with zero attached hydrogens (tertiary/aromatic N) is 3. The van der Waals surface area contributed by atoms with Crippen molar-refractivity contribution in [2.45, 2.75) is 44.5 Å². The first-order valence-electron chi connectivity index (χ1n) is 10.4. The molecule has 158 valence electrons. The van der Waals surface area contributed by atoms with E-state index in [1.54, 1.807) is 19.5 Å². The molecular weight excluding hydrogens is 380 g/mol. The van der Waals surface area contributed by atoms with E-state index in [2.05, 4.69) is 10.3 Å². The number of likely N-dealkylation sites (tertiary alicyclic amines) is 2. The van der Waals surface area contributed by atoms with E-state index in [1.807, 2.05) is 53.1 Å². The monoisotopic (exact) mass is 408 g/mol. The number of aromatic nitrogens is 1. The zero-order chi connectivity index (χ0) is 21.1. The van der Waals surface area contributed by atoms with Gasteiger partial charge in [0.05, 0.1) is 6.04 Å². The molecule has 0 bridgehead atoms. The summed E-state index contributed by atoms with van der Waals surface area (Å²) in [5.74, 6) is 0.0292. The molecule has 3 heterocycles. The van der Waals surface area contributed by atoms with Gasteiger partial charge in [-0.1, -0.05) is 29.8 Å². The largest absolute Gasteiger partial charge is 0.369 e. The number of nitrogens with one attached hydrogen (secondary N) is 1. The molecule has 4 rings (SSSR count). The molecule has 0 unspecified atom stereocenters. The second kappa shape index (κ2) is 8.83. The van der Waals surface area contributed by atoms with Gasteiger partial charge in [0, 0.05) is 45.2 Å². The van der Waals surface area contributed by atoms with Crippen molar-refractivity contribution < 1.29 is 14.3 Å². The molecular formula is C23H28N4O3. The number of aryl methyl sites for hydroxylation is 1. The van der Waals surface area contributed by atoms with E-state index in [9.17, 15) is 9.59 Å². The van der Waals surface area contributed by atoms with Crippen LogP contribution in [-0.2, 0) is 16.1 Å². The molecule has 2 aromatic rings. The van der Waals surface area contributed by atoms with Crippen molar-refractivity contribution in [2.75, 3.05) is 20.2 Å². The summed E-state index contributed by atoms with van der Waals surface area (Å²) in [5.41, 5.74) is 3.32. The summed E-state index contributed by atoms with van der Waals surface area (Å²) in [5, 5.41) is 3.00. The smallest absolute Gasteiger partial charge is 0.317 e. The maximum absolute atomic E-state index is 12.7. The van der Waals surface area contributed by atoms with Crippen molar-refractivity contribution >= 4 is 11.9 Å². The fraction of sp³-hybridized carbons (Fsp3) is 0.435. The summed E-state index contributed by atoms with van der Waals surface area (Å²) in [6.07, 6.45) is 4.57. The van der Waals surface area contributed by atoms with Crippen LogP contribution in [0.2, 0.25) is 0 Å². The van der Waals surface area contributed by atoms with E-state index in [1.165, 1.54) is 5.56 Å². The highest BCUT2D eigenvalue weighted by Gasteiger charge is 2.51. The van der Waals surface area contributed by atoms with E-state index in [-0.39, 0.29) is 24.0 Å². The topological polar surface area (TPSA) is 74.8 Å². The summed E-state index contributed by atoms with van der Waals surface area (Å²) < 4.78 is 5.44. The SMILES string of the molecule is CO[C@H]1C(=O)N(C2CCN(C(=O)NCc3ccc(C)cc3)CC2)[C@H]1c1ccncc1. The van der Waals surface area contributed by atoms with Crippen LogP contribution in [0.25, 0.3) is 0 Å². The van der Waals surface area contributed by atoms with E-state index >= 15 is 0 Å². The lowest BCUT2D eigenvalue weighted by Crippen LogP contribution is -2.64. The maximum atomic E-state index is 12.7. The molecule has 1 aromatic carbocycles. The second-order valence-electron chi connectivity index (χ2n) is 7.99. The highest BCUT2D eigenvalue weighted by molar-refractivity contribution is 5.89. The normalized spacial score (nSPS) is 22.0. The van der Waals surface area contributed by atoms with Crippen molar-refractivity contribution in [3.8, 4) is 0 Å². The number of carbonyl (C=O) groups is 2. The fourth-order valence-corrected chi connectivity index (χ4v) is 4.36. The number of amides is 3. The first-order valence-corrected chi connectivity index (χ1v) is 10.4. The molecule has 1 aromatic heterocycles. The zero-order valence-electron chi connectivity index (χ0n) is 17.5. The molecule has 2 aliphatic rings. The van der Waals surface area contributed by atoms with Crippen molar-refractivity contribution in [3.63, 3.8) is 0 Å². The molecule has 7 nitrogen and oxygen atoms in total. The fourth-order valence-electron chi connectivity index (χ4n) is 4.36. The highest BCUT2D eigenvalue weighted by Crippen LogP contribution is 2.40. The van der Waals surface area contributed by atoms with Gasteiger partial charge in [-0.3, -0.25) is 9.78 Å². The van der Waals surface area contributed by atoms with Gasteiger partial charge in [-0.25, -0.2) is 4.79 Å². The van der Waals surface area contributed by atoms with E-state index in [0.29, 0.717) is 19.6 Å². The third-order valence-corrected chi connectivity index (χ3v) is 6.10. The Kier molecular flexibility index (Phi) is 5.99. The third kappa shape index (κ3) is 4.03. The van der Waals surface area contributed by atoms with Gasteiger partial charge in [0.15, 0.2) is 6.10 Å². The number of carbonyl (C=O) groups excluding carboxylic acids is 2. The minimum absolute atomic E-state index is 0.0292. The Hall–Kier alpha value is -2.93. The Labute approximate surface area is 177 Å². The molecule has 0 aliphatic carbocycles. The van der Waals surface area contributed by atoms with Crippen molar-refractivity contribution in [1.82, 2.24) is 20.1 Å². The quantitative estimate of drug-likeness (QED) is 0.772. The molecule has 0 spiro atoms. The van der Waals surface area contributed by atoms with Crippen LogP contribution in [0.5, 0.6) is 0 Å². The molecule has 0 saturated carbocycles. The third-order valence-electron chi connectivity index (χ3n) is 6.10. The second-order valence-corrected chi connectivity index (χ2v) is 7.99. The molecule has 0 radical (unpaired) electrons. The van der Waals surface area contributed by atoms with Crippen LogP contribution >= 0.6 is 0 Å². The molecule has 2 fully saturated rings. The summed E-state index contributed by atoms with van der Waals surface area (Å²) in [6, 6.07) is 12.0. The van der Waals surface area contributed by atoms with Crippen LogP contribution < -0.4 is 5.32 Å². The molecule has 7 heteroatoms. The summed E-state index contributed by atoms with van der Waals surface area (Å²) in [7, 11) is 1.58. The van der Waals surface area contributed by atoms with Gasteiger partial charge in [0.2, 0.25) is 0 Å². The van der Waals surface area contributed by atoms with Crippen molar-refractivity contribution in [3.05, 3.63) is 65.5 Å². The molecule has 30 heavy (non-hydrogen) atoms. The van der Waals surface area contributed by atoms with Gasteiger partial charge in [0.1, 0.15) is 0 Å². The highest BCUT2D eigenvalue weighted by atomic mass is 16.5. The van der Waals surface area contributed by atoms with Crippen LogP contribution in [0.3, 0.4) is 0 Å². The minimum Gasteiger partial charge on any atom is -0.369 e. The Bertz CT molecular complexity index is 879. The standard InChI is InChI=1S/C23H28N4O3/c1-16-3-5-17(6-4-16)15-25-23(29)26-13-9-19(10-14-26)27-20(21(30-2)22(27)28)18-7-11-24-12-8-18/h3-8,11-12,19-21H,9-10,13-15H2,1-2H3,(H,25,29)/t20-,21+/m0/s1. The van der Waals surface area contributed by atoms with Gasteiger partial charge in [-0.15, -0.1) is 0 Å². The first kappa shape index (κ1) is 20.3. The Morgan fingerprint density at radius 3 is 2.43 bits per heavy atom. The number of hydrogen-bond donors (Lipinski definition) is 1. The van der Waals surface area contributed by atoms with Crippen LogP contribution in [0.1, 0.15) is 35.6 Å². The number of piperidine rings is 1. The average Bonchev–Trinajstić information content (AvgIpc) is 2.78. The molecule has 2 aliphatic heterocycles. The summed E-state index contributed by atoms with van der Waals surface area (Å²) in [4.78, 5) is 33.1. The Balaban J connectivity index is 1.32. The Morgan fingerprint density at radius 2 is 1.80 bits per heavy atom. The lowest BCUT2D eigenvalue weighted by atomic mass is 9.86. The minimum atomic E-state index is -0.441. The van der Waals surface area contributed by atoms with Gasteiger partial charge in [0.25, 0.3) is 5.91 Å². The Morgan fingerprint density at radius 1 is 1.13 bits per heavy atom. The van der Waals surface area contributed by atoms with Crippen molar-refractivity contribution in [1.29, 1.82) is 0 Å². The van der Waals surface area contributed by atoms with Gasteiger partial charge in [-0.2, -0.15) is 0 Å². The van der Waals surface area contributed by atoms with Gasteiger partial charge < -0.3 is 19.9 Å². The number of urea groups is 1. The van der Waals surface area contributed by atoms with Crippen LogP contribution in [0.15, 0.2) is 48.8 Å². The summed E-state index contributed by atoms with van der Waals surface area (Å²) in [6.45, 7) is 3.83. The zero-order valence-corrected chi connectivity index (χ0v) is 17.5. The molecule has 2 atom stereocenters. The lowest BCUT2D eigenvalue weighted by molar-refractivity contribution is -0.178. The van der Waals surface area contributed by atoms with E-state index < -0.39 is 6.10 Å². The van der Waals surface area contributed by atoms with E-state index in [0.717, 1.165) is 24.0 Å². The van der Waals surface area contributed by atoms with Gasteiger partial charge in [-0.05, 0) is 43.0 Å². The van der Waals surface area contributed by atoms with Gasteiger partial charge >= 0.3 is 6.03 Å². The van der Waals surface area contributed by atoms with E-state index in [4.69, 9.17) is 4.74 Å². The maximum Gasteiger partial charge on any atom is 0.317 e. The molecule has 3 amide bonds. The van der Waals surface area contributed by atoms with Crippen LogP contribution in [0.4, 0.5) is 4.79 Å². The van der Waals surface area contributed by atoms with Crippen LogP contribution in [-0.4, -0.2) is 59.1 Å². The molecule has 2 saturated heterocycles. The average molecular weight is 409 g/mol. The van der Waals surface area contributed by atoms with Crippen LogP contribution in [0, 0.1) is 6.92 Å².